The van der Waals surface area contributed by atoms with Crippen LogP contribution in [0.25, 0.3) is 0 Å². The highest BCUT2D eigenvalue weighted by Gasteiger charge is 2.40. The van der Waals surface area contributed by atoms with E-state index in [-0.39, 0.29) is 12.5 Å². The Labute approximate surface area is 113 Å². The van der Waals surface area contributed by atoms with Gasteiger partial charge in [-0.25, -0.2) is 0 Å². The molecule has 1 aliphatic heterocycles. The lowest BCUT2D eigenvalue weighted by atomic mass is 10.1. The summed E-state index contributed by atoms with van der Waals surface area (Å²) in [5, 5.41) is 0. The van der Waals surface area contributed by atoms with Crippen molar-refractivity contribution < 1.29 is 4.79 Å². The normalized spacial score (nSPS) is 24.2. The van der Waals surface area contributed by atoms with Crippen LogP contribution in [-0.4, -0.2) is 34.9 Å². The number of fused-ring (bicyclic) bond motifs is 2. The van der Waals surface area contributed by atoms with E-state index in [1.165, 1.54) is 12.8 Å². The molecule has 4 heteroatoms. The standard InChI is InChI=1S/C15H17N3O/c16-6-1-2-12-9-17-7-5-14(12)15(19)18-10-11-3-4-13(18)8-11/h5,7,9,11,13H,3-4,6,8,10,16H2. The van der Waals surface area contributed by atoms with Gasteiger partial charge in [-0.05, 0) is 31.2 Å². The Morgan fingerprint density at radius 3 is 3.11 bits per heavy atom. The fourth-order valence-corrected chi connectivity index (χ4v) is 3.15. The minimum Gasteiger partial charge on any atom is -0.335 e. The fraction of sp³-hybridized carbons (Fsp3) is 0.467. The van der Waals surface area contributed by atoms with Crippen LogP contribution in [0.2, 0.25) is 0 Å². The lowest BCUT2D eigenvalue weighted by Gasteiger charge is -2.27. The maximum absolute atomic E-state index is 12.6. The molecule has 1 saturated carbocycles. The smallest absolute Gasteiger partial charge is 0.255 e. The summed E-state index contributed by atoms with van der Waals surface area (Å²) in [6.07, 6.45) is 6.87. The lowest BCUT2D eigenvalue weighted by Crippen LogP contribution is -2.38. The molecular formula is C15H17N3O. The van der Waals surface area contributed by atoms with Gasteiger partial charge in [0, 0.05) is 25.0 Å². The summed E-state index contributed by atoms with van der Waals surface area (Å²) in [5.41, 5.74) is 6.72. The van der Waals surface area contributed by atoms with Crippen LogP contribution in [0.5, 0.6) is 0 Å². The molecule has 3 rings (SSSR count). The Kier molecular flexibility index (Phi) is 3.22. The third-order valence-corrected chi connectivity index (χ3v) is 4.05. The number of amides is 1. The first kappa shape index (κ1) is 12.2. The molecule has 19 heavy (non-hydrogen) atoms. The minimum atomic E-state index is 0.0934. The summed E-state index contributed by atoms with van der Waals surface area (Å²) < 4.78 is 0. The van der Waals surface area contributed by atoms with E-state index < -0.39 is 0 Å². The van der Waals surface area contributed by atoms with Gasteiger partial charge in [-0.2, -0.15) is 0 Å². The molecule has 2 bridgehead atoms. The molecule has 0 radical (unpaired) electrons. The van der Waals surface area contributed by atoms with Gasteiger partial charge in [0.2, 0.25) is 0 Å². The van der Waals surface area contributed by atoms with E-state index in [1.807, 2.05) is 4.90 Å². The largest absolute Gasteiger partial charge is 0.335 e. The highest BCUT2D eigenvalue weighted by atomic mass is 16.2. The van der Waals surface area contributed by atoms with Crippen LogP contribution in [0.4, 0.5) is 0 Å². The van der Waals surface area contributed by atoms with E-state index in [4.69, 9.17) is 5.73 Å². The molecule has 1 aliphatic carbocycles. The number of nitrogens with two attached hydrogens (primary N) is 1. The Morgan fingerprint density at radius 2 is 2.42 bits per heavy atom. The van der Waals surface area contributed by atoms with Crippen LogP contribution in [-0.2, 0) is 0 Å². The topological polar surface area (TPSA) is 59.2 Å². The Morgan fingerprint density at radius 1 is 1.53 bits per heavy atom. The van der Waals surface area contributed by atoms with E-state index in [1.54, 1.807) is 18.5 Å². The van der Waals surface area contributed by atoms with Crippen LogP contribution in [0.3, 0.4) is 0 Å². The van der Waals surface area contributed by atoms with Crippen molar-refractivity contribution in [2.24, 2.45) is 11.7 Å². The van der Waals surface area contributed by atoms with Crippen LogP contribution in [0, 0.1) is 17.8 Å². The zero-order chi connectivity index (χ0) is 13.2. The summed E-state index contributed by atoms with van der Waals surface area (Å²) in [5.74, 6) is 6.52. The van der Waals surface area contributed by atoms with Crippen molar-refractivity contribution in [2.75, 3.05) is 13.1 Å². The summed E-state index contributed by atoms with van der Waals surface area (Å²) in [6.45, 7) is 1.19. The number of rotatable bonds is 1. The van der Waals surface area contributed by atoms with Gasteiger partial charge in [-0.15, -0.1) is 0 Å². The number of nitrogens with zero attached hydrogens (tertiary/aromatic N) is 2. The van der Waals surface area contributed by atoms with Crippen molar-refractivity contribution >= 4 is 5.91 Å². The van der Waals surface area contributed by atoms with Crippen molar-refractivity contribution in [3.8, 4) is 11.8 Å². The average molecular weight is 255 g/mol. The molecule has 1 saturated heterocycles. The maximum atomic E-state index is 12.6. The molecule has 2 atom stereocenters. The molecule has 0 spiro atoms. The molecule has 1 aromatic rings. The molecule has 2 aliphatic rings. The quantitative estimate of drug-likeness (QED) is 0.762. The molecule has 2 fully saturated rings. The Balaban J connectivity index is 1.87. The summed E-state index contributed by atoms with van der Waals surface area (Å²) in [7, 11) is 0. The second-order valence-electron chi connectivity index (χ2n) is 5.22. The highest BCUT2D eigenvalue weighted by molar-refractivity contribution is 5.97. The van der Waals surface area contributed by atoms with Crippen molar-refractivity contribution in [1.82, 2.24) is 9.88 Å². The zero-order valence-electron chi connectivity index (χ0n) is 10.8. The molecule has 98 valence electrons. The van der Waals surface area contributed by atoms with E-state index >= 15 is 0 Å². The average Bonchev–Trinajstić information content (AvgIpc) is 3.07. The second-order valence-corrected chi connectivity index (χ2v) is 5.22. The van der Waals surface area contributed by atoms with Gasteiger partial charge in [-0.1, -0.05) is 11.8 Å². The van der Waals surface area contributed by atoms with Gasteiger partial charge in [0.05, 0.1) is 17.7 Å². The number of likely N-dealkylation sites (tertiary alicyclic amines) is 1. The van der Waals surface area contributed by atoms with Gasteiger partial charge in [0.15, 0.2) is 0 Å². The number of aromatic nitrogens is 1. The first-order valence-corrected chi connectivity index (χ1v) is 6.73. The monoisotopic (exact) mass is 255 g/mol. The third kappa shape index (κ3) is 2.22. The summed E-state index contributed by atoms with van der Waals surface area (Å²) >= 11 is 0. The van der Waals surface area contributed by atoms with Crippen molar-refractivity contribution in [1.29, 1.82) is 0 Å². The fourth-order valence-electron chi connectivity index (χ4n) is 3.15. The highest BCUT2D eigenvalue weighted by Crippen LogP contribution is 2.38. The van der Waals surface area contributed by atoms with Crippen molar-refractivity contribution in [3.63, 3.8) is 0 Å². The predicted octanol–water partition coefficient (Wildman–Crippen LogP) is 1.02. The van der Waals surface area contributed by atoms with Crippen LogP contribution in [0.15, 0.2) is 18.5 Å². The van der Waals surface area contributed by atoms with Gasteiger partial charge in [0.1, 0.15) is 0 Å². The SMILES string of the molecule is NCC#Cc1cnccc1C(=O)N1CC2CCC1C2. The van der Waals surface area contributed by atoms with Crippen LogP contribution in [0.1, 0.15) is 35.2 Å². The van der Waals surface area contributed by atoms with Crippen molar-refractivity contribution in [3.05, 3.63) is 29.6 Å². The Hall–Kier alpha value is -1.86. The van der Waals surface area contributed by atoms with Gasteiger partial charge < -0.3 is 10.6 Å². The number of hydrogen-bond acceptors (Lipinski definition) is 3. The number of pyridine rings is 1. The molecule has 1 amide bonds. The Bertz CT molecular complexity index is 558. The number of piperidine rings is 1. The third-order valence-electron chi connectivity index (χ3n) is 4.05. The molecule has 4 nitrogen and oxygen atoms in total. The first-order valence-electron chi connectivity index (χ1n) is 6.73. The van der Waals surface area contributed by atoms with Gasteiger partial charge >= 0.3 is 0 Å². The molecule has 0 aromatic carbocycles. The predicted molar refractivity (Wildman–Crippen MR) is 72.3 cm³/mol. The molecule has 2 unspecified atom stereocenters. The van der Waals surface area contributed by atoms with Gasteiger partial charge in [0.25, 0.3) is 5.91 Å². The van der Waals surface area contributed by atoms with Crippen LogP contribution < -0.4 is 5.73 Å². The van der Waals surface area contributed by atoms with Crippen LogP contribution >= 0.6 is 0 Å². The number of carbonyl (C=O) groups excluding carboxylic acids is 1. The van der Waals surface area contributed by atoms with Gasteiger partial charge in [-0.3, -0.25) is 9.78 Å². The van der Waals surface area contributed by atoms with E-state index in [0.717, 1.165) is 13.0 Å². The number of hydrogen-bond donors (Lipinski definition) is 1. The lowest BCUT2D eigenvalue weighted by molar-refractivity contribution is 0.0703. The maximum Gasteiger partial charge on any atom is 0.255 e. The van der Waals surface area contributed by atoms with E-state index in [2.05, 4.69) is 16.8 Å². The molecule has 1 aromatic heterocycles. The summed E-state index contributed by atoms with van der Waals surface area (Å²) in [4.78, 5) is 18.7. The van der Waals surface area contributed by atoms with Crippen molar-refractivity contribution in [2.45, 2.75) is 25.3 Å². The summed E-state index contributed by atoms with van der Waals surface area (Å²) in [6, 6.07) is 2.19. The first-order chi connectivity index (χ1) is 9.29. The second kappa shape index (κ2) is 5.02. The van der Waals surface area contributed by atoms with E-state index in [9.17, 15) is 4.79 Å². The minimum absolute atomic E-state index is 0.0934. The molecule has 2 N–H and O–H groups in total. The molecular weight excluding hydrogens is 238 g/mol. The number of carbonyl (C=O) groups is 1. The molecule has 2 heterocycles. The van der Waals surface area contributed by atoms with E-state index in [0.29, 0.717) is 23.1 Å². The zero-order valence-corrected chi connectivity index (χ0v) is 10.8.